The zero-order valence-electron chi connectivity index (χ0n) is 13.6. The zero-order valence-corrected chi connectivity index (χ0v) is 14.4. The van der Waals surface area contributed by atoms with Crippen LogP contribution in [-0.4, -0.2) is 24.7 Å². The lowest BCUT2D eigenvalue weighted by Crippen LogP contribution is -2.37. The molecule has 0 saturated carbocycles. The topological polar surface area (TPSA) is 88.1 Å². The lowest BCUT2D eigenvalue weighted by Gasteiger charge is -2.08. The summed E-state index contributed by atoms with van der Waals surface area (Å²) >= 11 is 6.02. The first-order chi connectivity index (χ1) is 11.9. The van der Waals surface area contributed by atoms with Crippen molar-refractivity contribution in [3.8, 4) is 0 Å². The van der Waals surface area contributed by atoms with Crippen LogP contribution in [0.3, 0.4) is 0 Å². The van der Waals surface area contributed by atoms with Gasteiger partial charge in [-0.3, -0.25) is 18.7 Å². The van der Waals surface area contributed by atoms with Crippen molar-refractivity contribution >= 4 is 28.7 Å². The molecule has 0 unspecified atom stereocenters. The number of aryl methyl sites for hydroxylation is 1. The van der Waals surface area contributed by atoms with E-state index < -0.39 is 17.2 Å². The van der Waals surface area contributed by atoms with Gasteiger partial charge >= 0.3 is 11.7 Å². The molecule has 0 aliphatic carbocycles. The van der Waals surface area contributed by atoms with Crippen molar-refractivity contribution in [1.29, 1.82) is 0 Å². The summed E-state index contributed by atoms with van der Waals surface area (Å²) in [5, 5.41) is 0.507. The maximum absolute atomic E-state index is 12.3. The molecule has 1 aromatic carbocycles. The third kappa shape index (κ3) is 3.08. The van der Waals surface area contributed by atoms with Crippen LogP contribution in [0.25, 0.3) is 11.2 Å². The van der Waals surface area contributed by atoms with E-state index in [-0.39, 0.29) is 24.3 Å². The quantitative estimate of drug-likeness (QED) is 0.641. The Balaban J connectivity index is 1.84. The molecular formula is C16H15ClN4O4. The van der Waals surface area contributed by atoms with Crippen molar-refractivity contribution in [3.05, 3.63) is 62.0 Å². The van der Waals surface area contributed by atoms with Crippen LogP contribution in [-0.2, 0) is 36.8 Å². The van der Waals surface area contributed by atoms with Gasteiger partial charge in [0.1, 0.15) is 13.2 Å². The number of hydrogen-bond donors (Lipinski definition) is 0. The Labute approximate surface area is 146 Å². The van der Waals surface area contributed by atoms with Gasteiger partial charge in [-0.05, 0) is 6.07 Å². The normalized spacial score (nSPS) is 11.0. The number of carbonyl (C=O) groups is 1. The molecule has 8 nitrogen and oxygen atoms in total. The lowest BCUT2D eigenvalue weighted by molar-refractivity contribution is -0.145. The number of fused-ring (bicyclic) bond motifs is 1. The van der Waals surface area contributed by atoms with E-state index in [1.807, 2.05) is 0 Å². The molecule has 0 fully saturated rings. The van der Waals surface area contributed by atoms with Crippen LogP contribution in [0.5, 0.6) is 0 Å². The fourth-order valence-corrected chi connectivity index (χ4v) is 2.67. The van der Waals surface area contributed by atoms with E-state index >= 15 is 0 Å². The van der Waals surface area contributed by atoms with E-state index in [1.165, 1.54) is 29.6 Å². The summed E-state index contributed by atoms with van der Waals surface area (Å²) in [5.41, 5.74) is 0.0659. The smallest absolute Gasteiger partial charge is 0.332 e. The van der Waals surface area contributed by atoms with E-state index in [9.17, 15) is 14.4 Å². The highest BCUT2D eigenvalue weighted by atomic mass is 35.5. The van der Waals surface area contributed by atoms with Crippen LogP contribution in [0.4, 0.5) is 0 Å². The van der Waals surface area contributed by atoms with Crippen molar-refractivity contribution in [1.82, 2.24) is 18.7 Å². The van der Waals surface area contributed by atoms with Gasteiger partial charge in [-0.1, -0.05) is 29.8 Å². The third-order valence-electron chi connectivity index (χ3n) is 3.86. The molecule has 0 atom stereocenters. The maximum Gasteiger partial charge on any atom is 0.332 e. The summed E-state index contributed by atoms with van der Waals surface area (Å²) in [6.07, 6.45) is 1.34. The number of halogens is 1. The van der Waals surface area contributed by atoms with Crippen molar-refractivity contribution in [2.24, 2.45) is 14.1 Å². The summed E-state index contributed by atoms with van der Waals surface area (Å²) in [6.45, 7) is -0.171. The van der Waals surface area contributed by atoms with Gasteiger partial charge in [-0.25, -0.2) is 9.78 Å². The fraction of sp³-hybridized carbons (Fsp3) is 0.250. The minimum atomic E-state index is -0.546. The van der Waals surface area contributed by atoms with Gasteiger partial charge in [0, 0.05) is 24.7 Å². The molecule has 2 heterocycles. The first-order valence-electron chi connectivity index (χ1n) is 7.40. The number of ether oxygens (including phenoxy) is 1. The molecule has 130 valence electrons. The summed E-state index contributed by atoms with van der Waals surface area (Å²) in [4.78, 5) is 40.4. The first kappa shape index (κ1) is 17.0. The van der Waals surface area contributed by atoms with Crippen LogP contribution in [0.1, 0.15) is 5.56 Å². The number of rotatable bonds is 4. The largest absolute Gasteiger partial charge is 0.459 e. The number of hydrogen-bond acceptors (Lipinski definition) is 5. The van der Waals surface area contributed by atoms with E-state index in [4.69, 9.17) is 16.3 Å². The van der Waals surface area contributed by atoms with Crippen LogP contribution in [0.2, 0.25) is 5.02 Å². The van der Waals surface area contributed by atoms with Crippen molar-refractivity contribution < 1.29 is 9.53 Å². The Hall–Kier alpha value is -2.87. The van der Waals surface area contributed by atoms with Gasteiger partial charge in [-0.2, -0.15) is 0 Å². The highest BCUT2D eigenvalue weighted by Gasteiger charge is 2.16. The summed E-state index contributed by atoms with van der Waals surface area (Å²) in [5.74, 6) is -0.546. The number of aromatic nitrogens is 4. The predicted molar refractivity (Wildman–Crippen MR) is 91.5 cm³/mol. The number of nitrogens with zero attached hydrogens (tertiary/aromatic N) is 4. The number of imidazole rings is 1. The summed E-state index contributed by atoms with van der Waals surface area (Å²) in [6, 6.07) is 7.04. The second-order valence-corrected chi connectivity index (χ2v) is 5.91. The standard InChI is InChI=1S/C16H15ClN4O4/c1-19-14-13(15(23)20(2)16(19)24)21(9-18-14)7-12(22)25-8-10-5-3-4-6-11(10)17/h3-6,9H,7-8H2,1-2H3. The molecule has 0 aliphatic heterocycles. The second-order valence-electron chi connectivity index (χ2n) is 5.50. The molecule has 25 heavy (non-hydrogen) atoms. The van der Waals surface area contributed by atoms with Gasteiger partial charge < -0.3 is 9.30 Å². The molecular weight excluding hydrogens is 348 g/mol. The lowest BCUT2D eigenvalue weighted by atomic mass is 10.2. The SMILES string of the molecule is Cn1c(=O)c2c(ncn2CC(=O)OCc2ccccc2Cl)n(C)c1=O. The Morgan fingerprint density at radius 3 is 2.64 bits per heavy atom. The molecule has 0 aliphatic rings. The van der Waals surface area contributed by atoms with Crippen LogP contribution in [0, 0.1) is 0 Å². The maximum atomic E-state index is 12.3. The highest BCUT2D eigenvalue weighted by molar-refractivity contribution is 6.31. The van der Waals surface area contributed by atoms with E-state index in [0.29, 0.717) is 10.6 Å². The Morgan fingerprint density at radius 2 is 1.92 bits per heavy atom. The van der Waals surface area contributed by atoms with E-state index in [2.05, 4.69) is 4.98 Å². The first-order valence-corrected chi connectivity index (χ1v) is 7.78. The Kier molecular flexibility index (Phi) is 4.45. The number of carbonyl (C=O) groups excluding carboxylic acids is 1. The molecule has 3 rings (SSSR count). The Bertz CT molecular complexity index is 1080. The van der Waals surface area contributed by atoms with Crippen molar-refractivity contribution in [2.45, 2.75) is 13.2 Å². The number of esters is 1. The average Bonchev–Trinajstić information content (AvgIpc) is 3.01. The molecule has 0 amide bonds. The summed E-state index contributed by atoms with van der Waals surface area (Å²) in [7, 11) is 2.88. The molecule has 0 N–H and O–H groups in total. The zero-order chi connectivity index (χ0) is 18.1. The molecule has 3 aromatic rings. The average molecular weight is 363 g/mol. The van der Waals surface area contributed by atoms with E-state index in [0.717, 1.165) is 4.57 Å². The van der Waals surface area contributed by atoms with Crippen LogP contribution in [0.15, 0.2) is 40.2 Å². The fourth-order valence-electron chi connectivity index (χ4n) is 2.48. The molecule has 0 bridgehead atoms. The number of benzene rings is 1. The van der Waals surface area contributed by atoms with Gasteiger partial charge in [0.05, 0.1) is 6.33 Å². The van der Waals surface area contributed by atoms with Gasteiger partial charge in [0.15, 0.2) is 11.2 Å². The monoisotopic (exact) mass is 362 g/mol. The molecule has 0 radical (unpaired) electrons. The molecule has 2 aromatic heterocycles. The van der Waals surface area contributed by atoms with Gasteiger partial charge in [0.2, 0.25) is 0 Å². The highest BCUT2D eigenvalue weighted by Crippen LogP contribution is 2.16. The minimum absolute atomic E-state index is 0.0294. The Morgan fingerprint density at radius 1 is 1.20 bits per heavy atom. The summed E-state index contributed by atoms with van der Waals surface area (Å²) < 4.78 is 8.79. The van der Waals surface area contributed by atoms with E-state index in [1.54, 1.807) is 24.3 Å². The molecule has 0 saturated heterocycles. The second kappa shape index (κ2) is 6.56. The molecule has 0 spiro atoms. The van der Waals surface area contributed by atoms with Crippen LogP contribution < -0.4 is 11.2 Å². The molecule has 9 heteroatoms. The van der Waals surface area contributed by atoms with Gasteiger partial charge in [0.25, 0.3) is 5.56 Å². The van der Waals surface area contributed by atoms with Crippen molar-refractivity contribution in [3.63, 3.8) is 0 Å². The third-order valence-corrected chi connectivity index (χ3v) is 4.23. The van der Waals surface area contributed by atoms with Gasteiger partial charge in [-0.15, -0.1) is 0 Å². The van der Waals surface area contributed by atoms with Crippen LogP contribution >= 0.6 is 11.6 Å². The minimum Gasteiger partial charge on any atom is -0.459 e. The predicted octanol–water partition coefficient (Wildman–Crippen LogP) is 0.830. The van der Waals surface area contributed by atoms with Crippen molar-refractivity contribution in [2.75, 3.05) is 0 Å².